The zero-order valence-electron chi connectivity index (χ0n) is 11.4. The van der Waals surface area contributed by atoms with E-state index in [1.807, 2.05) is 32.0 Å². The molecule has 0 unspecified atom stereocenters. The monoisotopic (exact) mass is 339 g/mol. The van der Waals surface area contributed by atoms with Crippen LogP contribution in [0.5, 0.6) is 0 Å². The van der Waals surface area contributed by atoms with E-state index in [0.717, 1.165) is 17.7 Å². The fourth-order valence-corrected chi connectivity index (χ4v) is 2.44. The predicted molar refractivity (Wildman–Crippen MR) is 81.6 cm³/mol. The first-order valence-corrected chi connectivity index (χ1v) is 7.28. The van der Waals surface area contributed by atoms with Gasteiger partial charge in [-0.2, -0.15) is 0 Å². The normalized spacial score (nSPS) is 10.8. The van der Waals surface area contributed by atoms with Crippen molar-refractivity contribution in [2.45, 2.75) is 20.4 Å². The molecule has 4 heteroatoms. The summed E-state index contributed by atoms with van der Waals surface area (Å²) in [5, 5.41) is 3.19. The molecule has 1 N–H and O–H groups in total. The van der Waals surface area contributed by atoms with E-state index < -0.39 is 11.6 Å². The van der Waals surface area contributed by atoms with Gasteiger partial charge in [-0.25, -0.2) is 8.78 Å². The molecule has 0 saturated heterocycles. The van der Waals surface area contributed by atoms with Gasteiger partial charge in [0, 0.05) is 6.54 Å². The SMILES string of the molecule is CCNCc1ccc(C)cc1-c1c(F)ccc(Br)c1F. The van der Waals surface area contributed by atoms with Crippen molar-refractivity contribution in [3.63, 3.8) is 0 Å². The van der Waals surface area contributed by atoms with Gasteiger partial charge in [-0.3, -0.25) is 0 Å². The molecule has 2 aromatic carbocycles. The molecular weight excluding hydrogens is 324 g/mol. The quantitative estimate of drug-likeness (QED) is 0.788. The highest BCUT2D eigenvalue weighted by atomic mass is 79.9. The van der Waals surface area contributed by atoms with Gasteiger partial charge in [0.1, 0.15) is 11.6 Å². The second-order valence-electron chi connectivity index (χ2n) is 4.66. The molecule has 1 nitrogen and oxygen atoms in total. The molecule has 0 spiro atoms. The van der Waals surface area contributed by atoms with Crippen LogP contribution in [0.25, 0.3) is 11.1 Å². The summed E-state index contributed by atoms with van der Waals surface area (Å²) in [4.78, 5) is 0. The molecule has 0 amide bonds. The summed E-state index contributed by atoms with van der Waals surface area (Å²) in [6, 6.07) is 8.34. The van der Waals surface area contributed by atoms with E-state index in [0.29, 0.717) is 12.1 Å². The second kappa shape index (κ2) is 6.46. The van der Waals surface area contributed by atoms with Crippen LogP contribution in [-0.2, 0) is 6.54 Å². The largest absolute Gasteiger partial charge is 0.313 e. The van der Waals surface area contributed by atoms with Crippen LogP contribution in [0.2, 0.25) is 0 Å². The number of rotatable bonds is 4. The Bertz CT molecular complexity index is 626. The third-order valence-electron chi connectivity index (χ3n) is 3.14. The Morgan fingerprint density at radius 3 is 2.60 bits per heavy atom. The van der Waals surface area contributed by atoms with Crippen LogP contribution >= 0.6 is 15.9 Å². The summed E-state index contributed by atoms with van der Waals surface area (Å²) >= 11 is 3.12. The highest BCUT2D eigenvalue weighted by Gasteiger charge is 2.17. The maximum absolute atomic E-state index is 14.3. The second-order valence-corrected chi connectivity index (χ2v) is 5.51. The Labute approximate surface area is 126 Å². The van der Waals surface area contributed by atoms with Crippen LogP contribution in [0, 0.1) is 18.6 Å². The lowest BCUT2D eigenvalue weighted by Gasteiger charge is -2.13. The van der Waals surface area contributed by atoms with Crippen LogP contribution in [0.3, 0.4) is 0 Å². The minimum absolute atomic E-state index is 0.0241. The predicted octanol–water partition coefficient (Wildman–Crippen LogP) is 4.81. The third kappa shape index (κ3) is 3.07. The average Bonchev–Trinajstić information content (AvgIpc) is 2.42. The van der Waals surface area contributed by atoms with Crippen molar-refractivity contribution in [2.75, 3.05) is 6.54 Å². The Hall–Kier alpha value is -1.26. The van der Waals surface area contributed by atoms with Crippen molar-refractivity contribution in [1.29, 1.82) is 0 Å². The summed E-state index contributed by atoms with van der Waals surface area (Å²) in [6.45, 7) is 5.29. The van der Waals surface area contributed by atoms with Gasteiger partial charge in [0.05, 0.1) is 10.0 Å². The Balaban J connectivity index is 2.62. The zero-order valence-corrected chi connectivity index (χ0v) is 13.0. The molecule has 106 valence electrons. The lowest BCUT2D eigenvalue weighted by molar-refractivity contribution is 0.584. The lowest BCUT2D eigenvalue weighted by atomic mass is 9.96. The van der Waals surface area contributed by atoms with Gasteiger partial charge in [-0.1, -0.05) is 30.7 Å². The number of halogens is 3. The van der Waals surface area contributed by atoms with Crippen LogP contribution in [-0.4, -0.2) is 6.54 Å². The smallest absolute Gasteiger partial charge is 0.148 e. The van der Waals surface area contributed by atoms with Crippen LogP contribution < -0.4 is 5.32 Å². The first kappa shape index (κ1) is 15.1. The van der Waals surface area contributed by atoms with E-state index in [1.54, 1.807) is 0 Å². The number of hydrogen-bond donors (Lipinski definition) is 1. The van der Waals surface area contributed by atoms with Gasteiger partial charge in [0.25, 0.3) is 0 Å². The fraction of sp³-hybridized carbons (Fsp3) is 0.250. The summed E-state index contributed by atoms with van der Waals surface area (Å²) in [5.41, 5.74) is 2.48. The number of aryl methyl sites for hydroxylation is 1. The van der Waals surface area contributed by atoms with E-state index in [4.69, 9.17) is 0 Å². The van der Waals surface area contributed by atoms with Crippen molar-refractivity contribution in [1.82, 2.24) is 5.32 Å². The molecule has 0 aliphatic carbocycles. The number of hydrogen-bond acceptors (Lipinski definition) is 1. The van der Waals surface area contributed by atoms with Gasteiger partial charge >= 0.3 is 0 Å². The van der Waals surface area contributed by atoms with Gasteiger partial charge in [0.15, 0.2) is 0 Å². The lowest BCUT2D eigenvalue weighted by Crippen LogP contribution is -2.13. The van der Waals surface area contributed by atoms with Gasteiger partial charge in [-0.15, -0.1) is 0 Å². The topological polar surface area (TPSA) is 12.0 Å². The molecule has 0 aromatic heterocycles. The van der Waals surface area contributed by atoms with Crippen molar-refractivity contribution in [3.05, 3.63) is 57.6 Å². The highest BCUT2D eigenvalue weighted by Crippen LogP contribution is 2.33. The molecule has 0 fully saturated rings. The van der Waals surface area contributed by atoms with Crippen molar-refractivity contribution in [3.8, 4) is 11.1 Å². The molecule has 0 radical (unpaired) electrons. The molecule has 0 atom stereocenters. The molecule has 0 bridgehead atoms. The summed E-state index contributed by atoms with van der Waals surface area (Å²) in [6.07, 6.45) is 0. The maximum Gasteiger partial charge on any atom is 0.148 e. The number of benzene rings is 2. The first-order valence-electron chi connectivity index (χ1n) is 6.48. The van der Waals surface area contributed by atoms with Crippen molar-refractivity contribution < 1.29 is 8.78 Å². The summed E-state index contributed by atoms with van der Waals surface area (Å²) in [5.74, 6) is -1.11. The average molecular weight is 340 g/mol. The van der Waals surface area contributed by atoms with E-state index in [9.17, 15) is 8.78 Å². The molecule has 0 aliphatic heterocycles. The third-order valence-corrected chi connectivity index (χ3v) is 3.76. The fourth-order valence-electron chi connectivity index (χ4n) is 2.11. The van der Waals surface area contributed by atoms with Gasteiger partial charge < -0.3 is 5.32 Å². The standard InChI is InChI=1S/C16H16BrF2N/c1-3-20-9-11-5-4-10(2)8-12(11)15-14(18)7-6-13(17)16(15)19/h4-8,20H,3,9H2,1-2H3. The molecular formula is C16H16BrF2N. The van der Waals surface area contributed by atoms with Crippen LogP contribution in [0.4, 0.5) is 8.78 Å². The minimum atomic E-state index is -0.562. The summed E-state index contributed by atoms with van der Waals surface area (Å²) < 4.78 is 28.6. The highest BCUT2D eigenvalue weighted by molar-refractivity contribution is 9.10. The van der Waals surface area contributed by atoms with Crippen molar-refractivity contribution in [2.24, 2.45) is 0 Å². The minimum Gasteiger partial charge on any atom is -0.313 e. The Kier molecular flexibility index (Phi) is 4.89. The molecule has 0 saturated carbocycles. The molecule has 2 aromatic rings. The van der Waals surface area contributed by atoms with Crippen LogP contribution in [0.15, 0.2) is 34.8 Å². The maximum atomic E-state index is 14.3. The Morgan fingerprint density at radius 2 is 1.90 bits per heavy atom. The Morgan fingerprint density at radius 1 is 1.15 bits per heavy atom. The van der Waals surface area contributed by atoms with Crippen LogP contribution in [0.1, 0.15) is 18.1 Å². The first-order chi connectivity index (χ1) is 9.54. The van der Waals surface area contributed by atoms with Gasteiger partial charge in [0.2, 0.25) is 0 Å². The van der Waals surface area contributed by atoms with E-state index in [-0.39, 0.29) is 10.0 Å². The summed E-state index contributed by atoms with van der Waals surface area (Å²) in [7, 11) is 0. The number of nitrogens with one attached hydrogen (secondary N) is 1. The van der Waals surface area contributed by atoms with E-state index in [1.165, 1.54) is 12.1 Å². The zero-order chi connectivity index (χ0) is 14.7. The van der Waals surface area contributed by atoms with E-state index >= 15 is 0 Å². The molecule has 0 aliphatic rings. The molecule has 0 heterocycles. The van der Waals surface area contributed by atoms with E-state index in [2.05, 4.69) is 21.2 Å². The van der Waals surface area contributed by atoms with Gasteiger partial charge in [-0.05, 0) is 52.7 Å². The molecule has 20 heavy (non-hydrogen) atoms. The molecule has 2 rings (SSSR count). The van der Waals surface area contributed by atoms with Crippen molar-refractivity contribution >= 4 is 15.9 Å².